The Kier molecular flexibility index (Phi) is 5.64. The Morgan fingerprint density at radius 1 is 1.30 bits per heavy atom. The Morgan fingerprint density at radius 3 is 2.45 bits per heavy atom. The number of carbonyl (C=O) groups excluding carboxylic acids is 2. The summed E-state index contributed by atoms with van der Waals surface area (Å²) in [4.78, 5) is 25.9. The van der Waals surface area contributed by atoms with Crippen molar-refractivity contribution in [1.82, 2.24) is 15.1 Å². The number of hydrogen-bond acceptors (Lipinski definition) is 3. The maximum absolute atomic E-state index is 12.3. The minimum absolute atomic E-state index is 0. The second kappa shape index (κ2) is 6.62. The van der Waals surface area contributed by atoms with Crippen LogP contribution in [0.2, 0.25) is 0 Å². The highest BCUT2D eigenvalue weighted by Crippen LogP contribution is 2.25. The SMILES string of the molecule is Cl.O=C1CC(C(=O)N2CCNCC2)CN1CC(F)(F)F. The molecule has 2 heterocycles. The lowest BCUT2D eigenvalue weighted by atomic mass is 10.1. The van der Waals surface area contributed by atoms with Crippen LogP contribution < -0.4 is 5.32 Å². The van der Waals surface area contributed by atoms with Gasteiger partial charge in [-0.1, -0.05) is 0 Å². The Labute approximate surface area is 120 Å². The first-order valence-corrected chi connectivity index (χ1v) is 6.21. The molecule has 2 amide bonds. The van der Waals surface area contributed by atoms with E-state index >= 15 is 0 Å². The van der Waals surface area contributed by atoms with Gasteiger partial charge in [-0.05, 0) is 0 Å². The third-order valence-electron chi connectivity index (χ3n) is 3.36. The molecule has 0 aliphatic carbocycles. The zero-order chi connectivity index (χ0) is 14.0. The molecule has 0 spiro atoms. The van der Waals surface area contributed by atoms with Crippen molar-refractivity contribution in [1.29, 1.82) is 0 Å². The monoisotopic (exact) mass is 315 g/mol. The molecule has 0 radical (unpaired) electrons. The van der Waals surface area contributed by atoms with E-state index in [0.29, 0.717) is 26.2 Å². The predicted molar refractivity (Wildman–Crippen MR) is 67.4 cm³/mol. The highest BCUT2D eigenvalue weighted by atomic mass is 35.5. The summed E-state index contributed by atoms with van der Waals surface area (Å²) in [6.45, 7) is 1.06. The first kappa shape index (κ1) is 17.0. The van der Waals surface area contributed by atoms with Crippen LogP contribution in [0.4, 0.5) is 13.2 Å². The van der Waals surface area contributed by atoms with E-state index in [4.69, 9.17) is 0 Å². The first-order chi connectivity index (χ1) is 8.87. The molecular weight excluding hydrogens is 299 g/mol. The molecule has 2 rings (SSSR count). The van der Waals surface area contributed by atoms with Crippen LogP contribution in [0.15, 0.2) is 0 Å². The molecule has 2 aliphatic heterocycles. The molecule has 0 saturated carbocycles. The number of nitrogens with zero attached hydrogens (tertiary/aromatic N) is 2. The molecule has 116 valence electrons. The van der Waals surface area contributed by atoms with Crippen molar-refractivity contribution in [2.75, 3.05) is 39.3 Å². The fourth-order valence-corrected chi connectivity index (χ4v) is 2.45. The van der Waals surface area contributed by atoms with Crippen LogP contribution >= 0.6 is 12.4 Å². The molecule has 2 fully saturated rings. The van der Waals surface area contributed by atoms with E-state index in [1.54, 1.807) is 4.90 Å². The molecule has 1 N–H and O–H groups in total. The third kappa shape index (κ3) is 4.24. The van der Waals surface area contributed by atoms with Crippen LogP contribution in [0.25, 0.3) is 0 Å². The predicted octanol–water partition coefficient (Wildman–Crippen LogP) is 0.251. The third-order valence-corrected chi connectivity index (χ3v) is 3.36. The maximum Gasteiger partial charge on any atom is 0.406 e. The quantitative estimate of drug-likeness (QED) is 0.795. The van der Waals surface area contributed by atoms with Crippen LogP contribution in [0.3, 0.4) is 0 Å². The molecule has 0 aromatic carbocycles. The number of amides is 2. The van der Waals surface area contributed by atoms with Gasteiger partial charge in [-0.3, -0.25) is 9.59 Å². The lowest BCUT2D eigenvalue weighted by molar-refractivity contribution is -0.157. The molecule has 5 nitrogen and oxygen atoms in total. The number of carbonyl (C=O) groups is 2. The molecule has 0 aromatic rings. The molecule has 1 unspecified atom stereocenters. The molecule has 2 aliphatic rings. The van der Waals surface area contributed by atoms with Crippen molar-refractivity contribution in [2.45, 2.75) is 12.6 Å². The van der Waals surface area contributed by atoms with E-state index < -0.39 is 24.5 Å². The summed E-state index contributed by atoms with van der Waals surface area (Å²) >= 11 is 0. The Bertz CT molecular complexity index is 372. The van der Waals surface area contributed by atoms with Gasteiger partial charge in [0.1, 0.15) is 6.54 Å². The fourth-order valence-electron chi connectivity index (χ4n) is 2.45. The average molecular weight is 316 g/mol. The van der Waals surface area contributed by atoms with Crippen molar-refractivity contribution in [3.8, 4) is 0 Å². The van der Waals surface area contributed by atoms with Crippen molar-refractivity contribution in [3.63, 3.8) is 0 Å². The van der Waals surface area contributed by atoms with Gasteiger partial charge in [-0.25, -0.2) is 0 Å². The summed E-state index contributed by atoms with van der Waals surface area (Å²) in [6, 6.07) is 0. The van der Waals surface area contributed by atoms with Gasteiger partial charge in [0, 0.05) is 39.1 Å². The smallest absolute Gasteiger partial charge is 0.340 e. The minimum atomic E-state index is -4.41. The van der Waals surface area contributed by atoms with Gasteiger partial charge in [0.25, 0.3) is 0 Å². The summed E-state index contributed by atoms with van der Waals surface area (Å²) in [5, 5.41) is 3.09. The number of alkyl halides is 3. The summed E-state index contributed by atoms with van der Waals surface area (Å²) < 4.78 is 36.8. The normalized spacial score (nSPS) is 23.8. The van der Waals surface area contributed by atoms with E-state index in [9.17, 15) is 22.8 Å². The van der Waals surface area contributed by atoms with Crippen LogP contribution in [0.5, 0.6) is 0 Å². The largest absolute Gasteiger partial charge is 0.406 e. The van der Waals surface area contributed by atoms with Crippen molar-refractivity contribution < 1.29 is 22.8 Å². The highest BCUT2D eigenvalue weighted by molar-refractivity contribution is 5.89. The first-order valence-electron chi connectivity index (χ1n) is 6.21. The van der Waals surface area contributed by atoms with Crippen LogP contribution in [-0.4, -0.2) is 67.1 Å². The molecule has 1 atom stereocenters. The second-order valence-corrected chi connectivity index (χ2v) is 4.87. The second-order valence-electron chi connectivity index (χ2n) is 4.87. The van der Waals surface area contributed by atoms with Gasteiger partial charge in [-0.15, -0.1) is 12.4 Å². The standard InChI is InChI=1S/C11H16F3N3O2.ClH/c12-11(13,14)7-17-6-8(5-9(17)18)10(19)16-3-1-15-2-4-16;/h8,15H,1-7H2;1H. The highest BCUT2D eigenvalue weighted by Gasteiger charge is 2.41. The summed E-state index contributed by atoms with van der Waals surface area (Å²) in [5.74, 6) is -1.43. The van der Waals surface area contributed by atoms with E-state index in [2.05, 4.69) is 5.32 Å². The van der Waals surface area contributed by atoms with E-state index in [1.807, 2.05) is 0 Å². The number of rotatable bonds is 2. The maximum atomic E-state index is 12.3. The van der Waals surface area contributed by atoms with Gasteiger partial charge in [0.2, 0.25) is 11.8 Å². The molecule has 2 saturated heterocycles. The van der Waals surface area contributed by atoms with Gasteiger partial charge in [0.05, 0.1) is 5.92 Å². The molecular formula is C11H17ClF3N3O2. The Balaban J connectivity index is 0.00000200. The number of hydrogen-bond donors (Lipinski definition) is 1. The Hall–Kier alpha value is -1.02. The lowest BCUT2D eigenvalue weighted by Crippen LogP contribution is -2.48. The van der Waals surface area contributed by atoms with E-state index in [1.165, 1.54) is 0 Å². The fraction of sp³-hybridized carbons (Fsp3) is 0.818. The van der Waals surface area contributed by atoms with Gasteiger partial charge in [0.15, 0.2) is 0 Å². The van der Waals surface area contributed by atoms with Crippen molar-refractivity contribution in [3.05, 3.63) is 0 Å². The van der Waals surface area contributed by atoms with Gasteiger partial charge in [-0.2, -0.15) is 13.2 Å². The zero-order valence-corrected chi connectivity index (χ0v) is 11.6. The van der Waals surface area contributed by atoms with Crippen LogP contribution in [-0.2, 0) is 9.59 Å². The van der Waals surface area contributed by atoms with Crippen molar-refractivity contribution in [2.24, 2.45) is 5.92 Å². The average Bonchev–Trinajstić information content (AvgIpc) is 2.69. The van der Waals surface area contributed by atoms with Crippen molar-refractivity contribution >= 4 is 24.2 Å². The van der Waals surface area contributed by atoms with Gasteiger partial charge < -0.3 is 15.1 Å². The molecule has 0 aromatic heterocycles. The number of piperazine rings is 1. The summed E-state index contributed by atoms with van der Waals surface area (Å²) in [7, 11) is 0. The number of nitrogens with one attached hydrogen (secondary N) is 1. The lowest BCUT2D eigenvalue weighted by Gasteiger charge is -2.29. The zero-order valence-electron chi connectivity index (χ0n) is 10.8. The van der Waals surface area contributed by atoms with E-state index in [-0.39, 0.29) is 31.3 Å². The number of likely N-dealkylation sites (tertiary alicyclic amines) is 1. The topological polar surface area (TPSA) is 52.7 Å². The Morgan fingerprint density at radius 2 is 1.90 bits per heavy atom. The molecule has 20 heavy (non-hydrogen) atoms. The molecule has 0 bridgehead atoms. The summed E-state index contributed by atoms with van der Waals surface area (Å²) in [6.07, 6.45) is -4.53. The number of halogens is 4. The van der Waals surface area contributed by atoms with Crippen LogP contribution in [0, 0.1) is 5.92 Å². The summed E-state index contributed by atoms with van der Waals surface area (Å²) in [5.41, 5.74) is 0. The van der Waals surface area contributed by atoms with Crippen LogP contribution in [0.1, 0.15) is 6.42 Å². The van der Waals surface area contributed by atoms with E-state index in [0.717, 1.165) is 4.90 Å². The molecule has 9 heteroatoms. The van der Waals surface area contributed by atoms with Gasteiger partial charge >= 0.3 is 6.18 Å². The minimum Gasteiger partial charge on any atom is -0.340 e.